The SMILES string of the molecule is C[C@H]1O[C@@H]2C3=C(O[C@]2(C)[C@@]1(O)C=O)C(=O)c1c(O)cccc1C3=O. The Kier molecular flexibility index (Phi) is 2.70. The van der Waals surface area contributed by atoms with E-state index in [-0.39, 0.29) is 28.2 Å². The molecule has 0 aromatic heterocycles. The molecule has 124 valence electrons. The number of ketones is 2. The number of phenolic OH excluding ortho intramolecular Hbond substituents is 1. The fourth-order valence-corrected chi connectivity index (χ4v) is 3.75. The van der Waals surface area contributed by atoms with Crippen LogP contribution in [0.1, 0.15) is 34.6 Å². The summed E-state index contributed by atoms with van der Waals surface area (Å²) in [4.78, 5) is 37.0. The molecule has 1 aromatic rings. The normalized spacial score (nSPS) is 37.0. The van der Waals surface area contributed by atoms with Crippen LogP contribution < -0.4 is 0 Å². The van der Waals surface area contributed by atoms with Crippen LogP contribution >= 0.6 is 0 Å². The molecule has 0 amide bonds. The largest absolute Gasteiger partial charge is 0.507 e. The molecule has 7 nitrogen and oxygen atoms in total. The first-order chi connectivity index (χ1) is 11.3. The first-order valence-electron chi connectivity index (χ1n) is 7.45. The summed E-state index contributed by atoms with van der Waals surface area (Å²) < 4.78 is 11.3. The van der Waals surface area contributed by atoms with E-state index in [1.165, 1.54) is 32.0 Å². The minimum absolute atomic E-state index is 0.0229. The van der Waals surface area contributed by atoms with E-state index in [9.17, 15) is 24.6 Å². The van der Waals surface area contributed by atoms with E-state index in [0.29, 0.717) is 6.29 Å². The van der Waals surface area contributed by atoms with Crippen LogP contribution in [0.15, 0.2) is 29.5 Å². The van der Waals surface area contributed by atoms with Crippen LogP contribution in [0.3, 0.4) is 0 Å². The van der Waals surface area contributed by atoms with Crippen LogP contribution in [0.5, 0.6) is 5.75 Å². The number of aromatic hydroxyl groups is 1. The van der Waals surface area contributed by atoms with Gasteiger partial charge in [0.25, 0.3) is 0 Å². The van der Waals surface area contributed by atoms with E-state index in [0.717, 1.165) is 0 Å². The van der Waals surface area contributed by atoms with E-state index in [1.54, 1.807) is 0 Å². The summed E-state index contributed by atoms with van der Waals surface area (Å²) in [5.74, 6) is -1.80. The average molecular weight is 330 g/mol. The summed E-state index contributed by atoms with van der Waals surface area (Å²) >= 11 is 0. The standard InChI is InChI=1S/C17H14O7/c1-7-17(22,6-18)16(2)15(23-7)11-12(20)8-4-3-5-9(19)10(8)13(21)14(11)24-16/h3-7,15,19,22H,1-2H3/t7-,15-,16+,17-/m1/s1. The lowest BCUT2D eigenvalue weighted by molar-refractivity contribution is -0.152. The van der Waals surface area contributed by atoms with Crippen LogP contribution in [0.4, 0.5) is 0 Å². The van der Waals surface area contributed by atoms with Gasteiger partial charge < -0.3 is 19.7 Å². The van der Waals surface area contributed by atoms with Crippen LogP contribution in [0, 0.1) is 0 Å². The fourth-order valence-electron chi connectivity index (χ4n) is 3.75. The second-order valence-electron chi connectivity index (χ2n) is 6.41. The van der Waals surface area contributed by atoms with Gasteiger partial charge in [0.05, 0.1) is 17.2 Å². The molecule has 1 aliphatic carbocycles. The van der Waals surface area contributed by atoms with Gasteiger partial charge in [0.2, 0.25) is 5.78 Å². The van der Waals surface area contributed by atoms with Gasteiger partial charge in [-0.25, -0.2) is 0 Å². The maximum Gasteiger partial charge on any atom is 0.232 e. The number of carbonyl (C=O) groups excluding carboxylic acids is 3. The molecular formula is C17H14O7. The van der Waals surface area contributed by atoms with E-state index in [2.05, 4.69) is 0 Å². The maximum absolute atomic E-state index is 12.8. The lowest BCUT2D eigenvalue weighted by Gasteiger charge is -2.34. The van der Waals surface area contributed by atoms with Crippen molar-refractivity contribution in [2.75, 3.05) is 0 Å². The number of benzene rings is 1. The molecule has 24 heavy (non-hydrogen) atoms. The Hall–Kier alpha value is -2.51. The lowest BCUT2D eigenvalue weighted by atomic mass is 9.77. The molecule has 1 saturated heterocycles. The van der Waals surface area contributed by atoms with Crippen LogP contribution in [0.25, 0.3) is 0 Å². The molecule has 7 heteroatoms. The highest BCUT2D eigenvalue weighted by atomic mass is 16.6. The zero-order valence-corrected chi connectivity index (χ0v) is 12.9. The first kappa shape index (κ1) is 15.0. The number of allylic oxidation sites excluding steroid dienone is 1. The number of Topliss-reactive ketones (excluding diaryl/α,β-unsaturated/α-hetero) is 2. The third kappa shape index (κ3) is 1.42. The molecule has 0 bridgehead atoms. The van der Waals surface area contributed by atoms with E-state index in [4.69, 9.17) is 9.47 Å². The lowest BCUT2D eigenvalue weighted by Crippen LogP contribution is -2.57. The van der Waals surface area contributed by atoms with Crippen LogP contribution in [-0.4, -0.2) is 51.5 Å². The van der Waals surface area contributed by atoms with E-state index >= 15 is 0 Å². The van der Waals surface area contributed by atoms with Crippen molar-refractivity contribution in [2.45, 2.75) is 37.3 Å². The molecular weight excluding hydrogens is 316 g/mol. The Balaban J connectivity index is 1.91. The van der Waals surface area contributed by atoms with Crippen molar-refractivity contribution in [1.82, 2.24) is 0 Å². The van der Waals surface area contributed by atoms with E-state index < -0.39 is 35.0 Å². The molecule has 4 rings (SSSR count). The third-order valence-electron chi connectivity index (χ3n) is 5.22. The number of ether oxygens (including phenoxy) is 2. The van der Waals surface area contributed by atoms with Gasteiger partial charge in [-0.1, -0.05) is 12.1 Å². The van der Waals surface area contributed by atoms with Gasteiger partial charge in [0.15, 0.2) is 29.0 Å². The highest BCUT2D eigenvalue weighted by Crippen LogP contribution is 2.53. The van der Waals surface area contributed by atoms with Gasteiger partial charge in [-0.3, -0.25) is 14.4 Å². The number of hydrogen-bond acceptors (Lipinski definition) is 7. The Morgan fingerprint density at radius 1 is 1.25 bits per heavy atom. The predicted octanol–water partition coefficient (Wildman–Crippen LogP) is 0.531. The molecule has 3 aliphatic rings. The number of aldehydes is 1. The summed E-state index contributed by atoms with van der Waals surface area (Å²) in [6.45, 7) is 2.93. The Morgan fingerprint density at radius 3 is 2.62 bits per heavy atom. The van der Waals surface area contributed by atoms with Crippen molar-refractivity contribution in [3.05, 3.63) is 40.7 Å². The molecule has 0 radical (unpaired) electrons. The minimum Gasteiger partial charge on any atom is -0.507 e. The van der Waals surface area contributed by atoms with Crippen LogP contribution in [-0.2, 0) is 14.3 Å². The summed E-state index contributed by atoms with van der Waals surface area (Å²) in [5.41, 5.74) is -3.73. The number of aliphatic hydroxyl groups is 1. The molecule has 2 aliphatic heterocycles. The first-order valence-corrected chi connectivity index (χ1v) is 7.45. The Morgan fingerprint density at radius 2 is 1.96 bits per heavy atom. The fraction of sp³-hybridized carbons (Fsp3) is 0.353. The van der Waals surface area contributed by atoms with Gasteiger partial charge in [-0.05, 0) is 19.9 Å². The summed E-state index contributed by atoms with van der Waals surface area (Å²) in [7, 11) is 0. The zero-order valence-electron chi connectivity index (χ0n) is 12.9. The van der Waals surface area contributed by atoms with Crippen molar-refractivity contribution in [3.63, 3.8) is 0 Å². The molecule has 4 atom stereocenters. The smallest absolute Gasteiger partial charge is 0.232 e. The van der Waals surface area contributed by atoms with Gasteiger partial charge >= 0.3 is 0 Å². The van der Waals surface area contributed by atoms with Gasteiger partial charge in [-0.15, -0.1) is 0 Å². The molecule has 2 heterocycles. The Labute approximate surface area is 136 Å². The molecule has 1 fully saturated rings. The van der Waals surface area contributed by atoms with E-state index in [1.807, 2.05) is 0 Å². The number of phenols is 1. The van der Waals surface area contributed by atoms with Gasteiger partial charge in [-0.2, -0.15) is 0 Å². The zero-order chi connectivity index (χ0) is 17.4. The summed E-state index contributed by atoms with van der Waals surface area (Å²) in [6, 6.07) is 4.19. The van der Waals surface area contributed by atoms with Crippen molar-refractivity contribution >= 4 is 17.9 Å². The Bertz CT molecular complexity index is 854. The number of hydrogen-bond donors (Lipinski definition) is 2. The molecule has 0 saturated carbocycles. The molecule has 0 spiro atoms. The van der Waals surface area contributed by atoms with Crippen molar-refractivity contribution in [3.8, 4) is 5.75 Å². The quantitative estimate of drug-likeness (QED) is 0.723. The average Bonchev–Trinajstić information content (AvgIpc) is 2.95. The maximum atomic E-state index is 12.8. The second-order valence-corrected chi connectivity index (χ2v) is 6.41. The third-order valence-corrected chi connectivity index (χ3v) is 5.22. The van der Waals surface area contributed by atoms with Gasteiger partial charge in [0.1, 0.15) is 11.9 Å². The monoisotopic (exact) mass is 330 g/mol. The van der Waals surface area contributed by atoms with Crippen molar-refractivity contribution < 1.29 is 34.1 Å². The number of rotatable bonds is 1. The molecule has 1 aromatic carbocycles. The van der Waals surface area contributed by atoms with Crippen LogP contribution in [0.2, 0.25) is 0 Å². The van der Waals surface area contributed by atoms with Gasteiger partial charge in [0, 0.05) is 5.56 Å². The number of fused-ring (bicyclic) bond motifs is 3. The van der Waals surface area contributed by atoms with Crippen molar-refractivity contribution in [1.29, 1.82) is 0 Å². The predicted molar refractivity (Wildman–Crippen MR) is 78.6 cm³/mol. The number of carbonyl (C=O) groups is 3. The summed E-state index contributed by atoms with van der Waals surface area (Å²) in [6.07, 6.45) is -1.65. The molecule has 0 unspecified atom stereocenters. The second kappa shape index (κ2) is 4.31. The van der Waals surface area contributed by atoms with Crippen molar-refractivity contribution in [2.24, 2.45) is 0 Å². The topological polar surface area (TPSA) is 110 Å². The highest BCUT2D eigenvalue weighted by Gasteiger charge is 2.71. The molecule has 2 N–H and O–H groups in total. The summed E-state index contributed by atoms with van der Waals surface area (Å²) in [5, 5.41) is 20.6. The highest BCUT2D eigenvalue weighted by molar-refractivity contribution is 6.28. The minimum atomic E-state index is -2.01.